The Kier molecular flexibility index (Phi) is 7.56. The number of fused-ring (bicyclic) bond motifs is 1. The van der Waals surface area contributed by atoms with Crippen LogP contribution in [0.1, 0.15) is 47.2 Å². The van der Waals surface area contributed by atoms with Gasteiger partial charge in [-0.3, -0.25) is 0 Å². The van der Waals surface area contributed by atoms with Crippen molar-refractivity contribution in [2.75, 3.05) is 4.90 Å². The lowest BCUT2D eigenvalue weighted by atomic mass is 9.79. The number of hydrogen-bond acceptors (Lipinski definition) is 1. The molecule has 0 N–H and O–H groups in total. The molecule has 0 saturated heterocycles. The van der Waals surface area contributed by atoms with E-state index in [0.717, 1.165) is 17.1 Å². The summed E-state index contributed by atoms with van der Waals surface area (Å²) in [5, 5.41) is 7.86. The number of anilines is 3. The summed E-state index contributed by atoms with van der Waals surface area (Å²) in [6.45, 7) is 4.77. The Labute approximate surface area is 317 Å². The number of benzene rings is 9. The van der Waals surface area contributed by atoms with E-state index >= 15 is 0 Å². The average molecular weight is 690 g/mol. The summed E-state index contributed by atoms with van der Waals surface area (Å²) in [5.74, 6) is 0. The smallest absolute Gasteiger partial charge is 0.0468 e. The summed E-state index contributed by atoms with van der Waals surface area (Å²) in [7, 11) is 0. The van der Waals surface area contributed by atoms with E-state index in [0.29, 0.717) is 0 Å². The molecule has 54 heavy (non-hydrogen) atoms. The Hall–Kier alpha value is -6.70. The van der Waals surface area contributed by atoms with Crippen molar-refractivity contribution < 1.29 is 0 Å². The van der Waals surface area contributed by atoms with Crippen LogP contribution >= 0.6 is 0 Å². The van der Waals surface area contributed by atoms with Crippen LogP contribution in [0, 0.1) is 0 Å². The molecule has 256 valence electrons. The van der Waals surface area contributed by atoms with E-state index in [1.54, 1.807) is 0 Å². The van der Waals surface area contributed by atoms with E-state index in [4.69, 9.17) is 0 Å². The second-order valence-corrected chi connectivity index (χ2v) is 14.9. The first kappa shape index (κ1) is 32.0. The minimum absolute atomic E-state index is 0.114. The predicted molar refractivity (Wildman–Crippen MR) is 230 cm³/mol. The van der Waals surface area contributed by atoms with Gasteiger partial charge in [0.2, 0.25) is 0 Å². The Morgan fingerprint density at radius 3 is 1.54 bits per heavy atom. The van der Waals surface area contributed by atoms with Gasteiger partial charge in [-0.15, -0.1) is 0 Å². The second-order valence-electron chi connectivity index (χ2n) is 14.9. The maximum atomic E-state index is 2.48. The van der Waals surface area contributed by atoms with Gasteiger partial charge in [-0.2, -0.15) is 0 Å². The standard InChI is InChI=1S/C53H39N/c1-53(2)47-24-14-21-39-25-26-42-33-43(35-48(53)52(42)51(39)47)50(38-18-8-4-9-19-38)49(37-16-6-3-7-17-37)40-28-30-45(31-29-40)54(44-22-10-5-11-23-44)46-32-27-36-15-12-13-20-41(36)34-46/h3-35H,1-2H3. The summed E-state index contributed by atoms with van der Waals surface area (Å²) >= 11 is 0. The molecule has 0 heterocycles. The summed E-state index contributed by atoms with van der Waals surface area (Å²) in [6.07, 6.45) is 0. The van der Waals surface area contributed by atoms with Crippen molar-refractivity contribution in [1.29, 1.82) is 0 Å². The van der Waals surface area contributed by atoms with Crippen molar-refractivity contribution in [2.24, 2.45) is 0 Å². The molecular weight excluding hydrogens is 651 g/mol. The van der Waals surface area contributed by atoms with Gasteiger partial charge in [0, 0.05) is 22.5 Å². The Morgan fingerprint density at radius 1 is 0.333 bits per heavy atom. The zero-order valence-corrected chi connectivity index (χ0v) is 30.5. The SMILES string of the molecule is CC1(C)c2cccc3ccc4cc(C(=C(c5ccccc5)c5ccc(N(c6ccccc6)c6ccc7ccccc7c6)cc5)c5ccccc5)cc1c4c23. The molecule has 1 heteroatoms. The van der Waals surface area contributed by atoms with Crippen LogP contribution < -0.4 is 4.90 Å². The fourth-order valence-corrected chi connectivity index (χ4v) is 8.78. The molecule has 10 rings (SSSR count). The van der Waals surface area contributed by atoms with E-state index in [1.807, 2.05) is 0 Å². The average Bonchev–Trinajstić information content (AvgIpc) is 3.47. The molecule has 1 nitrogen and oxygen atoms in total. The van der Waals surface area contributed by atoms with E-state index in [-0.39, 0.29) is 5.41 Å². The van der Waals surface area contributed by atoms with E-state index in [1.165, 1.54) is 76.8 Å². The zero-order chi connectivity index (χ0) is 36.2. The lowest BCUT2D eigenvalue weighted by Gasteiger charge is -2.26. The first-order valence-corrected chi connectivity index (χ1v) is 18.8. The van der Waals surface area contributed by atoms with Crippen molar-refractivity contribution in [3.63, 3.8) is 0 Å². The highest BCUT2D eigenvalue weighted by atomic mass is 15.1. The maximum Gasteiger partial charge on any atom is 0.0468 e. The van der Waals surface area contributed by atoms with Crippen LogP contribution in [0.2, 0.25) is 0 Å². The van der Waals surface area contributed by atoms with E-state index < -0.39 is 0 Å². The lowest BCUT2D eigenvalue weighted by molar-refractivity contribution is 0.662. The first-order valence-electron chi connectivity index (χ1n) is 18.8. The van der Waals surface area contributed by atoms with Crippen LogP contribution in [0.25, 0.3) is 43.5 Å². The summed E-state index contributed by atoms with van der Waals surface area (Å²) in [5.41, 5.74) is 13.3. The third-order valence-corrected chi connectivity index (χ3v) is 11.4. The first-order chi connectivity index (χ1) is 26.5. The van der Waals surface area contributed by atoms with Gasteiger partial charge in [-0.1, -0.05) is 166 Å². The van der Waals surface area contributed by atoms with Crippen molar-refractivity contribution in [2.45, 2.75) is 19.3 Å². The van der Waals surface area contributed by atoms with Gasteiger partial charge >= 0.3 is 0 Å². The van der Waals surface area contributed by atoms with Crippen molar-refractivity contribution in [3.8, 4) is 0 Å². The Morgan fingerprint density at radius 2 is 0.833 bits per heavy atom. The molecule has 1 aliphatic carbocycles. The van der Waals surface area contributed by atoms with Crippen LogP contribution in [0.15, 0.2) is 200 Å². The number of para-hydroxylation sites is 1. The quantitative estimate of drug-likeness (QED) is 0.119. The normalized spacial score (nSPS) is 13.4. The van der Waals surface area contributed by atoms with Crippen LogP contribution in [-0.4, -0.2) is 0 Å². The molecule has 9 aromatic carbocycles. The molecule has 0 atom stereocenters. The number of nitrogens with zero attached hydrogens (tertiary/aromatic N) is 1. The fraction of sp³-hybridized carbons (Fsp3) is 0.0566. The Balaban J connectivity index is 1.20. The molecule has 0 unspecified atom stereocenters. The number of hydrogen-bond donors (Lipinski definition) is 0. The summed E-state index contributed by atoms with van der Waals surface area (Å²) < 4.78 is 0. The molecule has 0 radical (unpaired) electrons. The van der Waals surface area contributed by atoms with Gasteiger partial charge in [-0.05, 0) is 125 Å². The van der Waals surface area contributed by atoms with Crippen LogP contribution in [0.5, 0.6) is 0 Å². The highest BCUT2D eigenvalue weighted by Gasteiger charge is 2.34. The van der Waals surface area contributed by atoms with Gasteiger partial charge < -0.3 is 4.90 Å². The highest BCUT2D eigenvalue weighted by molar-refractivity contribution is 6.16. The summed E-state index contributed by atoms with van der Waals surface area (Å²) in [6, 6.07) is 73.3. The van der Waals surface area contributed by atoms with Crippen molar-refractivity contribution >= 4 is 60.5 Å². The Bertz CT molecular complexity index is 2870. The molecule has 0 saturated carbocycles. The number of rotatable bonds is 7. The topological polar surface area (TPSA) is 3.24 Å². The van der Waals surface area contributed by atoms with Gasteiger partial charge in [0.25, 0.3) is 0 Å². The molecule has 9 aromatic rings. The predicted octanol–water partition coefficient (Wildman–Crippen LogP) is 14.3. The molecule has 0 amide bonds. The molecule has 1 aliphatic rings. The molecular formula is C53H39N. The van der Waals surface area contributed by atoms with Crippen LogP contribution in [0.3, 0.4) is 0 Å². The van der Waals surface area contributed by atoms with E-state index in [9.17, 15) is 0 Å². The highest BCUT2D eigenvalue weighted by Crippen LogP contribution is 2.50. The second kappa shape index (κ2) is 12.8. The minimum Gasteiger partial charge on any atom is -0.310 e. The van der Waals surface area contributed by atoms with E-state index in [2.05, 4.69) is 219 Å². The monoisotopic (exact) mass is 689 g/mol. The molecule has 0 spiro atoms. The zero-order valence-electron chi connectivity index (χ0n) is 30.5. The van der Waals surface area contributed by atoms with Crippen molar-refractivity contribution in [1.82, 2.24) is 0 Å². The summed E-state index contributed by atoms with van der Waals surface area (Å²) in [4.78, 5) is 2.35. The minimum atomic E-state index is -0.114. The van der Waals surface area contributed by atoms with Gasteiger partial charge in [-0.25, -0.2) is 0 Å². The molecule has 0 aromatic heterocycles. The van der Waals surface area contributed by atoms with Crippen LogP contribution in [0.4, 0.5) is 17.1 Å². The van der Waals surface area contributed by atoms with Gasteiger partial charge in [0.1, 0.15) is 0 Å². The maximum absolute atomic E-state index is 2.48. The molecule has 0 aliphatic heterocycles. The largest absolute Gasteiger partial charge is 0.310 e. The molecule has 0 bridgehead atoms. The van der Waals surface area contributed by atoms with Gasteiger partial charge in [0.05, 0.1) is 0 Å². The lowest BCUT2D eigenvalue weighted by Crippen LogP contribution is -2.15. The molecule has 0 fully saturated rings. The van der Waals surface area contributed by atoms with Crippen molar-refractivity contribution in [3.05, 3.63) is 234 Å². The third kappa shape index (κ3) is 5.24. The fourth-order valence-electron chi connectivity index (χ4n) is 8.78. The van der Waals surface area contributed by atoms with Gasteiger partial charge in [0.15, 0.2) is 0 Å². The van der Waals surface area contributed by atoms with Crippen LogP contribution in [-0.2, 0) is 5.41 Å². The third-order valence-electron chi connectivity index (χ3n) is 11.4.